The topological polar surface area (TPSA) is 57.7 Å². The molecule has 0 spiro atoms. The van der Waals surface area contributed by atoms with Gasteiger partial charge in [-0.2, -0.15) is 0 Å². The fourth-order valence-corrected chi connectivity index (χ4v) is 3.31. The molecule has 0 saturated carbocycles. The van der Waals surface area contributed by atoms with Gasteiger partial charge < -0.3 is 15.0 Å². The lowest BCUT2D eigenvalue weighted by Crippen LogP contribution is -2.49. The molecular weight excluding hydrogens is 364 g/mol. The molecule has 148 valence electrons. The fourth-order valence-electron chi connectivity index (χ4n) is 3.31. The van der Waals surface area contributed by atoms with Crippen LogP contribution in [-0.4, -0.2) is 47.0 Å². The normalized spacial score (nSPS) is 14.4. The summed E-state index contributed by atoms with van der Waals surface area (Å²) in [6, 6.07) is 23.3. The smallest absolute Gasteiger partial charge is 0.321 e. The molecule has 1 aliphatic heterocycles. The predicted molar refractivity (Wildman–Crippen MR) is 113 cm³/mol. The zero-order valence-electron chi connectivity index (χ0n) is 16.2. The zero-order valence-corrected chi connectivity index (χ0v) is 16.2. The van der Waals surface area contributed by atoms with E-state index in [0.29, 0.717) is 30.4 Å². The Bertz CT molecular complexity index is 926. The van der Waals surface area contributed by atoms with Crippen molar-refractivity contribution in [2.45, 2.75) is 6.54 Å². The van der Waals surface area contributed by atoms with E-state index in [1.807, 2.05) is 41.3 Å². The van der Waals surface area contributed by atoms with Crippen LogP contribution in [0.15, 0.2) is 79.0 Å². The maximum atomic E-state index is 12.6. The van der Waals surface area contributed by atoms with Crippen molar-refractivity contribution in [1.29, 1.82) is 0 Å². The van der Waals surface area contributed by atoms with Crippen LogP contribution >= 0.6 is 0 Å². The first kappa shape index (κ1) is 19.0. The Morgan fingerprint density at radius 2 is 1.62 bits per heavy atom. The minimum Gasteiger partial charge on any atom is -0.439 e. The van der Waals surface area contributed by atoms with E-state index in [-0.39, 0.29) is 6.03 Å². The van der Waals surface area contributed by atoms with Gasteiger partial charge in [-0.1, -0.05) is 48.5 Å². The van der Waals surface area contributed by atoms with Crippen LogP contribution in [0.5, 0.6) is 11.6 Å². The van der Waals surface area contributed by atoms with Crippen LogP contribution in [0, 0.1) is 0 Å². The number of nitrogens with one attached hydrogen (secondary N) is 1. The molecule has 3 aromatic rings. The van der Waals surface area contributed by atoms with Crippen molar-refractivity contribution in [1.82, 2.24) is 14.8 Å². The first-order chi connectivity index (χ1) is 14.3. The first-order valence-electron chi connectivity index (χ1n) is 9.77. The summed E-state index contributed by atoms with van der Waals surface area (Å²) in [4.78, 5) is 21.1. The summed E-state index contributed by atoms with van der Waals surface area (Å²) in [6.45, 7) is 4.05. The summed E-state index contributed by atoms with van der Waals surface area (Å²) in [5.41, 5.74) is 1.97. The van der Waals surface area contributed by atoms with Crippen molar-refractivity contribution in [3.8, 4) is 11.6 Å². The third-order valence-electron chi connectivity index (χ3n) is 4.86. The second-order valence-electron chi connectivity index (χ2n) is 6.98. The summed E-state index contributed by atoms with van der Waals surface area (Å²) < 4.78 is 5.73. The van der Waals surface area contributed by atoms with Gasteiger partial charge in [0.2, 0.25) is 5.88 Å². The van der Waals surface area contributed by atoms with Gasteiger partial charge in [-0.25, -0.2) is 9.78 Å². The number of anilines is 1. The minimum absolute atomic E-state index is 0.0961. The molecule has 0 bridgehead atoms. The standard InChI is InChI=1S/C23H24N4O2/c28-23(27-15-13-26(14-16-27)18-19-7-3-1-4-8-19)25-20-11-12-24-22(17-20)29-21-9-5-2-6-10-21/h1-12,17H,13-16,18H2,(H,24,25,28). The summed E-state index contributed by atoms with van der Waals surface area (Å²) in [5.74, 6) is 1.15. The molecule has 4 rings (SSSR count). The second kappa shape index (κ2) is 9.21. The van der Waals surface area contributed by atoms with Gasteiger partial charge in [-0.05, 0) is 23.8 Å². The highest BCUT2D eigenvalue weighted by Crippen LogP contribution is 2.21. The van der Waals surface area contributed by atoms with Crippen molar-refractivity contribution < 1.29 is 9.53 Å². The highest BCUT2D eigenvalue weighted by molar-refractivity contribution is 5.89. The van der Waals surface area contributed by atoms with E-state index in [9.17, 15) is 4.79 Å². The number of para-hydroxylation sites is 1. The Morgan fingerprint density at radius 3 is 2.34 bits per heavy atom. The molecule has 29 heavy (non-hydrogen) atoms. The summed E-state index contributed by atoms with van der Waals surface area (Å²) in [5, 5.41) is 2.95. The summed E-state index contributed by atoms with van der Waals surface area (Å²) in [6.07, 6.45) is 1.63. The third-order valence-corrected chi connectivity index (χ3v) is 4.86. The van der Waals surface area contributed by atoms with E-state index in [1.54, 1.807) is 18.3 Å². The van der Waals surface area contributed by atoms with Crippen LogP contribution in [0.25, 0.3) is 0 Å². The molecule has 1 aromatic heterocycles. The van der Waals surface area contributed by atoms with E-state index in [1.165, 1.54) is 5.56 Å². The fraction of sp³-hybridized carbons (Fsp3) is 0.217. The number of ether oxygens (including phenoxy) is 1. The van der Waals surface area contributed by atoms with Crippen molar-refractivity contribution in [3.05, 3.63) is 84.6 Å². The number of hydrogen-bond donors (Lipinski definition) is 1. The molecule has 6 nitrogen and oxygen atoms in total. The highest BCUT2D eigenvalue weighted by Gasteiger charge is 2.21. The minimum atomic E-state index is -0.0961. The molecule has 0 aliphatic carbocycles. The Kier molecular flexibility index (Phi) is 6.02. The molecule has 0 atom stereocenters. The van der Waals surface area contributed by atoms with E-state index < -0.39 is 0 Å². The number of amides is 2. The van der Waals surface area contributed by atoms with E-state index in [2.05, 4.69) is 39.5 Å². The molecule has 2 aromatic carbocycles. The predicted octanol–water partition coefficient (Wildman–Crippen LogP) is 4.22. The monoisotopic (exact) mass is 388 g/mol. The number of nitrogens with zero attached hydrogens (tertiary/aromatic N) is 3. The van der Waals surface area contributed by atoms with E-state index in [4.69, 9.17) is 4.74 Å². The first-order valence-corrected chi connectivity index (χ1v) is 9.77. The van der Waals surface area contributed by atoms with Crippen LogP contribution in [-0.2, 0) is 6.54 Å². The number of pyridine rings is 1. The van der Waals surface area contributed by atoms with Crippen LogP contribution in [0.2, 0.25) is 0 Å². The molecule has 6 heteroatoms. The molecule has 0 unspecified atom stereocenters. The lowest BCUT2D eigenvalue weighted by molar-refractivity contribution is 0.143. The molecular formula is C23H24N4O2. The van der Waals surface area contributed by atoms with Gasteiger partial charge in [-0.15, -0.1) is 0 Å². The van der Waals surface area contributed by atoms with Crippen LogP contribution in [0.3, 0.4) is 0 Å². The van der Waals surface area contributed by atoms with Gasteiger partial charge in [0.25, 0.3) is 0 Å². The van der Waals surface area contributed by atoms with Gasteiger partial charge >= 0.3 is 6.03 Å². The molecule has 1 fully saturated rings. The SMILES string of the molecule is O=C(Nc1ccnc(Oc2ccccc2)c1)N1CCN(Cc2ccccc2)CC1. The molecule has 0 radical (unpaired) electrons. The number of hydrogen-bond acceptors (Lipinski definition) is 4. The Balaban J connectivity index is 1.29. The van der Waals surface area contributed by atoms with Gasteiger partial charge in [0.05, 0.1) is 0 Å². The number of piperazine rings is 1. The second-order valence-corrected chi connectivity index (χ2v) is 6.98. The molecule has 1 N–H and O–H groups in total. The van der Waals surface area contributed by atoms with Crippen molar-refractivity contribution in [2.24, 2.45) is 0 Å². The number of rotatable bonds is 5. The summed E-state index contributed by atoms with van der Waals surface area (Å²) in [7, 11) is 0. The summed E-state index contributed by atoms with van der Waals surface area (Å²) >= 11 is 0. The van der Waals surface area contributed by atoms with Crippen LogP contribution in [0.1, 0.15) is 5.56 Å². The number of aromatic nitrogens is 1. The van der Waals surface area contributed by atoms with Crippen LogP contribution < -0.4 is 10.1 Å². The maximum absolute atomic E-state index is 12.6. The average Bonchev–Trinajstić information content (AvgIpc) is 2.76. The van der Waals surface area contributed by atoms with Crippen molar-refractivity contribution >= 4 is 11.7 Å². The van der Waals surface area contributed by atoms with E-state index >= 15 is 0 Å². The lowest BCUT2D eigenvalue weighted by Gasteiger charge is -2.34. The number of carbonyl (C=O) groups excluding carboxylic acids is 1. The van der Waals surface area contributed by atoms with E-state index in [0.717, 1.165) is 19.6 Å². The van der Waals surface area contributed by atoms with Gasteiger partial charge in [-0.3, -0.25) is 4.90 Å². The van der Waals surface area contributed by atoms with Crippen LogP contribution in [0.4, 0.5) is 10.5 Å². The Hall–Kier alpha value is -3.38. The molecule has 1 saturated heterocycles. The maximum Gasteiger partial charge on any atom is 0.321 e. The van der Waals surface area contributed by atoms with Gasteiger partial charge in [0.1, 0.15) is 5.75 Å². The lowest BCUT2D eigenvalue weighted by atomic mass is 10.2. The quantitative estimate of drug-likeness (QED) is 0.711. The number of benzene rings is 2. The van der Waals surface area contributed by atoms with Crippen molar-refractivity contribution in [2.75, 3.05) is 31.5 Å². The largest absolute Gasteiger partial charge is 0.439 e. The average molecular weight is 388 g/mol. The van der Waals surface area contributed by atoms with Gasteiger partial charge in [0, 0.05) is 50.7 Å². The number of urea groups is 1. The molecule has 2 heterocycles. The molecule has 1 aliphatic rings. The number of carbonyl (C=O) groups is 1. The molecule has 2 amide bonds. The zero-order chi connectivity index (χ0) is 19.9. The Labute approximate surface area is 170 Å². The van der Waals surface area contributed by atoms with Gasteiger partial charge in [0.15, 0.2) is 0 Å². The van der Waals surface area contributed by atoms with Crippen molar-refractivity contribution in [3.63, 3.8) is 0 Å². The third kappa shape index (κ3) is 5.33. The Morgan fingerprint density at radius 1 is 0.931 bits per heavy atom. The highest BCUT2D eigenvalue weighted by atomic mass is 16.5.